The van der Waals surface area contributed by atoms with Gasteiger partial charge in [-0.05, 0) is 42.5 Å². The summed E-state index contributed by atoms with van der Waals surface area (Å²) in [6, 6.07) is 9.21. The van der Waals surface area contributed by atoms with Crippen molar-refractivity contribution in [3.05, 3.63) is 29.8 Å². The van der Waals surface area contributed by atoms with Crippen molar-refractivity contribution in [2.45, 2.75) is 40.5 Å². The molecule has 0 radical (unpaired) electrons. The Morgan fingerprint density at radius 2 is 1.55 bits per heavy atom. The average Bonchev–Trinajstić information content (AvgIpc) is 2.39. The van der Waals surface area contributed by atoms with Gasteiger partial charge in [0.25, 0.3) is 0 Å². The number of nitrogens with zero attached hydrogens (tertiary/aromatic N) is 2. The Kier molecular flexibility index (Phi) is 5.09. The van der Waals surface area contributed by atoms with Crippen molar-refractivity contribution in [2.24, 2.45) is 5.41 Å². The topological polar surface area (TPSA) is 6.48 Å². The van der Waals surface area contributed by atoms with E-state index in [1.807, 2.05) is 0 Å². The van der Waals surface area contributed by atoms with Crippen LogP contribution in [0.5, 0.6) is 0 Å². The molecule has 2 rings (SSSR count). The van der Waals surface area contributed by atoms with Crippen LogP contribution in [0.4, 0.5) is 5.69 Å². The molecule has 0 unspecified atom stereocenters. The lowest BCUT2D eigenvalue weighted by Gasteiger charge is -2.36. The zero-order valence-electron chi connectivity index (χ0n) is 13.7. The minimum atomic E-state index is 0.368. The number of rotatable bonds is 4. The molecular formula is C18H30N2. The second kappa shape index (κ2) is 6.62. The van der Waals surface area contributed by atoms with Gasteiger partial charge in [-0.25, -0.2) is 0 Å². The van der Waals surface area contributed by atoms with Crippen molar-refractivity contribution in [1.29, 1.82) is 0 Å². The Bertz CT molecular complexity index is 394. The molecule has 1 aliphatic rings. The van der Waals surface area contributed by atoms with Gasteiger partial charge < -0.3 is 4.90 Å². The van der Waals surface area contributed by atoms with E-state index in [1.165, 1.54) is 50.4 Å². The standard InChI is InChI=1S/C18H30N2/c1-5-10-19-11-13-20(14-12-19)17-8-6-16(7-9-17)15-18(2,3)4/h6-9H,5,10-15H2,1-4H3. The maximum absolute atomic E-state index is 2.57. The molecule has 0 bridgehead atoms. The van der Waals surface area contributed by atoms with Crippen LogP contribution in [0.2, 0.25) is 0 Å². The van der Waals surface area contributed by atoms with E-state index in [1.54, 1.807) is 0 Å². The van der Waals surface area contributed by atoms with Crippen LogP contribution in [-0.2, 0) is 6.42 Å². The molecule has 1 heterocycles. The predicted octanol–water partition coefficient (Wildman–Crippen LogP) is 3.81. The molecule has 2 heteroatoms. The number of hydrogen-bond donors (Lipinski definition) is 0. The number of benzene rings is 1. The van der Waals surface area contributed by atoms with E-state index in [4.69, 9.17) is 0 Å². The number of anilines is 1. The van der Waals surface area contributed by atoms with Crippen LogP contribution < -0.4 is 4.90 Å². The molecule has 1 aromatic carbocycles. The first-order valence-electron chi connectivity index (χ1n) is 8.04. The Balaban J connectivity index is 1.91. The highest BCUT2D eigenvalue weighted by Crippen LogP contribution is 2.23. The van der Waals surface area contributed by atoms with Gasteiger partial charge in [-0.2, -0.15) is 0 Å². The summed E-state index contributed by atoms with van der Waals surface area (Å²) in [7, 11) is 0. The molecule has 20 heavy (non-hydrogen) atoms. The number of hydrogen-bond acceptors (Lipinski definition) is 2. The Hall–Kier alpha value is -1.02. The third-order valence-electron chi connectivity index (χ3n) is 3.95. The van der Waals surface area contributed by atoms with Crippen molar-refractivity contribution in [3.8, 4) is 0 Å². The molecule has 1 aliphatic heterocycles. The van der Waals surface area contributed by atoms with Crippen LogP contribution in [0.1, 0.15) is 39.7 Å². The molecule has 0 aromatic heterocycles. The predicted molar refractivity (Wildman–Crippen MR) is 88.5 cm³/mol. The van der Waals surface area contributed by atoms with Crippen molar-refractivity contribution in [3.63, 3.8) is 0 Å². The van der Waals surface area contributed by atoms with Crippen molar-refractivity contribution in [2.75, 3.05) is 37.6 Å². The summed E-state index contributed by atoms with van der Waals surface area (Å²) in [5.41, 5.74) is 3.21. The van der Waals surface area contributed by atoms with E-state index in [9.17, 15) is 0 Å². The zero-order valence-corrected chi connectivity index (χ0v) is 13.7. The lowest BCUT2D eigenvalue weighted by molar-refractivity contribution is 0.258. The van der Waals surface area contributed by atoms with Crippen LogP contribution in [0, 0.1) is 5.41 Å². The first-order chi connectivity index (χ1) is 9.48. The summed E-state index contributed by atoms with van der Waals surface area (Å²) in [6.45, 7) is 15.2. The highest BCUT2D eigenvalue weighted by Gasteiger charge is 2.17. The Morgan fingerprint density at radius 3 is 2.05 bits per heavy atom. The van der Waals surface area contributed by atoms with E-state index in [0.717, 1.165) is 6.42 Å². The van der Waals surface area contributed by atoms with Crippen molar-refractivity contribution >= 4 is 5.69 Å². The molecule has 2 nitrogen and oxygen atoms in total. The first-order valence-corrected chi connectivity index (χ1v) is 8.04. The highest BCUT2D eigenvalue weighted by molar-refractivity contribution is 5.48. The van der Waals surface area contributed by atoms with E-state index >= 15 is 0 Å². The fourth-order valence-corrected chi connectivity index (χ4v) is 2.98. The zero-order chi connectivity index (χ0) is 14.6. The summed E-state index contributed by atoms with van der Waals surface area (Å²) in [6.07, 6.45) is 2.42. The fourth-order valence-electron chi connectivity index (χ4n) is 2.98. The third kappa shape index (κ3) is 4.52. The Morgan fingerprint density at radius 1 is 0.950 bits per heavy atom. The van der Waals surface area contributed by atoms with Gasteiger partial charge in [0, 0.05) is 31.9 Å². The molecule has 0 saturated carbocycles. The molecule has 0 aliphatic carbocycles. The molecule has 0 N–H and O–H groups in total. The van der Waals surface area contributed by atoms with Gasteiger partial charge in [0.05, 0.1) is 0 Å². The fraction of sp³-hybridized carbons (Fsp3) is 0.667. The third-order valence-corrected chi connectivity index (χ3v) is 3.95. The second-order valence-corrected chi connectivity index (χ2v) is 7.23. The summed E-state index contributed by atoms with van der Waals surface area (Å²) in [5, 5.41) is 0. The maximum atomic E-state index is 2.57. The minimum absolute atomic E-state index is 0.368. The molecule has 0 spiro atoms. The normalized spacial score (nSPS) is 17.5. The van der Waals surface area contributed by atoms with Crippen LogP contribution in [0.25, 0.3) is 0 Å². The first kappa shape index (κ1) is 15.4. The summed E-state index contributed by atoms with van der Waals surface area (Å²) in [5.74, 6) is 0. The van der Waals surface area contributed by atoms with E-state index < -0.39 is 0 Å². The molecule has 1 fully saturated rings. The lowest BCUT2D eigenvalue weighted by Crippen LogP contribution is -2.46. The molecule has 112 valence electrons. The van der Waals surface area contributed by atoms with Crippen molar-refractivity contribution < 1.29 is 0 Å². The van der Waals surface area contributed by atoms with Gasteiger partial charge in [-0.1, -0.05) is 39.8 Å². The Labute approximate surface area is 124 Å². The van der Waals surface area contributed by atoms with E-state index in [2.05, 4.69) is 61.8 Å². The van der Waals surface area contributed by atoms with Crippen LogP contribution in [0.15, 0.2) is 24.3 Å². The monoisotopic (exact) mass is 274 g/mol. The SMILES string of the molecule is CCCN1CCN(c2ccc(CC(C)(C)C)cc2)CC1. The van der Waals surface area contributed by atoms with Crippen LogP contribution in [0.3, 0.4) is 0 Å². The quantitative estimate of drug-likeness (QED) is 0.824. The lowest BCUT2D eigenvalue weighted by atomic mass is 9.88. The van der Waals surface area contributed by atoms with E-state index in [0.29, 0.717) is 5.41 Å². The summed E-state index contributed by atoms with van der Waals surface area (Å²) in [4.78, 5) is 5.09. The van der Waals surface area contributed by atoms with Crippen molar-refractivity contribution in [1.82, 2.24) is 4.90 Å². The van der Waals surface area contributed by atoms with Crippen LogP contribution in [-0.4, -0.2) is 37.6 Å². The van der Waals surface area contributed by atoms with Gasteiger partial charge in [-0.15, -0.1) is 0 Å². The maximum Gasteiger partial charge on any atom is 0.0367 e. The van der Waals surface area contributed by atoms with Gasteiger partial charge in [-0.3, -0.25) is 4.90 Å². The minimum Gasteiger partial charge on any atom is -0.369 e. The van der Waals surface area contributed by atoms with E-state index in [-0.39, 0.29) is 0 Å². The molecule has 0 amide bonds. The van der Waals surface area contributed by atoms with Gasteiger partial charge in [0.2, 0.25) is 0 Å². The smallest absolute Gasteiger partial charge is 0.0367 e. The molecule has 1 saturated heterocycles. The van der Waals surface area contributed by atoms with Gasteiger partial charge in [0.1, 0.15) is 0 Å². The average molecular weight is 274 g/mol. The van der Waals surface area contributed by atoms with Gasteiger partial charge in [0.15, 0.2) is 0 Å². The molecular weight excluding hydrogens is 244 g/mol. The summed E-state index contributed by atoms with van der Waals surface area (Å²) < 4.78 is 0. The van der Waals surface area contributed by atoms with Gasteiger partial charge >= 0.3 is 0 Å². The second-order valence-electron chi connectivity index (χ2n) is 7.23. The largest absolute Gasteiger partial charge is 0.369 e. The summed E-state index contributed by atoms with van der Waals surface area (Å²) >= 11 is 0. The highest BCUT2D eigenvalue weighted by atomic mass is 15.3. The van der Waals surface area contributed by atoms with Crippen LogP contribution >= 0.6 is 0 Å². The molecule has 1 aromatic rings. The molecule has 0 atom stereocenters. The number of piperazine rings is 1.